The molecule has 3 rings (SSSR count). The van der Waals surface area contributed by atoms with E-state index in [2.05, 4.69) is 4.74 Å². The Morgan fingerprint density at radius 3 is 2.68 bits per heavy atom. The van der Waals surface area contributed by atoms with Gasteiger partial charge in [0.25, 0.3) is 0 Å². The second kappa shape index (κ2) is 7.16. The van der Waals surface area contributed by atoms with Gasteiger partial charge in [-0.3, -0.25) is 14.4 Å². The molecule has 2 aromatic heterocycles. The standard InChI is InChI=1S/C18H15NO4S2/c1-23-17(22)8-13(20)15-6-10(9-24-15)18-12(7-16(19)21)11-4-2-3-5-14(11)25-18/h2-6,9H,7-8H2,1H3,(H2,19,21). The maximum absolute atomic E-state index is 12.1. The summed E-state index contributed by atoms with van der Waals surface area (Å²) in [6, 6.07) is 9.57. The third kappa shape index (κ3) is 3.62. The van der Waals surface area contributed by atoms with Crippen molar-refractivity contribution in [1.82, 2.24) is 0 Å². The van der Waals surface area contributed by atoms with Crippen molar-refractivity contribution in [2.24, 2.45) is 5.73 Å². The summed E-state index contributed by atoms with van der Waals surface area (Å²) in [6.45, 7) is 0. The number of Topliss-reactive ketones (excluding diaryl/α,β-unsaturated/α-hetero) is 1. The quantitative estimate of drug-likeness (QED) is 0.408. The first-order valence-corrected chi connectivity index (χ1v) is 9.17. The number of ketones is 1. The molecule has 0 atom stereocenters. The second-order valence-corrected chi connectivity index (χ2v) is 7.39. The van der Waals surface area contributed by atoms with Crippen LogP contribution in [0.4, 0.5) is 0 Å². The number of methoxy groups -OCH3 is 1. The molecular formula is C18H15NO4S2. The lowest BCUT2D eigenvalue weighted by Crippen LogP contribution is -2.13. The van der Waals surface area contributed by atoms with Gasteiger partial charge in [-0.1, -0.05) is 18.2 Å². The summed E-state index contributed by atoms with van der Waals surface area (Å²) >= 11 is 2.83. The van der Waals surface area contributed by atoms with Gasteiger partial charge < -0.3 is 10.5 Å². The topological polar surface area (TPSA) is 86.5 Å². The van der Waals surface area contributed by atoms with Crippen LogP contribution in [0.2, 0.25) is 0 Å². The molecule has 25 heavy (non-hydrogen) atoms. The van der Waals surface area contributed by atoms with Crippen LogP contribution in [0.1, 0.15) is 21.7 Å². The molecule has 128 valence electrons. The fraction of sp³-hybridized carbons (Fsp3) is 0.167. The van der Waals surface area contributed by atoms with E-state index >= 15 is 0 Å². The molecule has 0 fully saturated rings. The van der Waals surface area contributed by atoms with Gasteiger partial charge in [0.15, 0.2) is 5.78 Å². The summed E-state index contributed by atoms with van der Waals surface area (Å²) in [5, 5.41) is 2.86. The second-order valence-electron chi connectivity index (χ2n) is 5.42. The van der Waals surface area contributed by atoms with Crippen molar-refractivity contribution < 1.29 is 19.1 Å². The van der Waals surface area contributed by atoms with Crippen LogP contribution in [-0.2, 0) is 20.7 Å². The van der Waals surface area contributed by atoms with Crippen LogP contribution in [0, 0.1) is 0 Å². The molecule has 2 heterocycles. The van der Waals surface area contributed by atoms with E-state index in [0.29, 0.717) is 4.88 Å². The monoisotopic (exact) mass is 373 g/mol. The number of ether oxygens (including phenoxy) is 1. The highest BCUT2D eigenvalue weighted by Gasteiger charge is 2.19. The predicted molar refractivity (Wildman–Crippen MR) is 99.0 cm³/mol. The number of carbonyl (C=O) groups excluding carboxylic acids is 3. The van der Waals surface area contributed by atoms with Crippen molar-refractivity contribution in [2.75, 3.05) is 7.11 Å². The summed E-state index contributed by atoms with van der Waals surface area (Å²) in [7, 11) is 1.25. The zero-order valence-electron chi connectivity index (χ0n) is 13.4. The van der Waals surface area contributed by atoms with E-state index in [1.54, 1.807) is 17.4 Å². The molecule has 0 aliphatic rings. The first-order valence-electron chi connectivity index (χ1n) is 7.47. The van der Waals surface area contributed by atoms with E-state index in [4.69, 9.17) is 5.73 Å². The lowest BCUT2D eigenvalue weighted by molar-refractivity contribution is -0.139. The Morgan fingerprint density at radius 1 is 1.20 bits per heavy atom. The Balaban J connectivity index is 2.01. The average molecular weight is 373 g/mol. The van der Waals surface area contributed by atoms with E-state index < -0.39 is 11.9 Å². The Labute approximate surface area is 152 Å². The first-order chi connectivity index (χ1) is 12.0. The van der Waals surface area contributed by atoms with Gasteiger partial charge in [0, 0.05) is 20.5 Å². The first kappa shape index (κ1) is 17.3. The minimum Gasteiger partial charge on any atom is -0.469 e. The van der Waals surface area contributed by atoms with Crippen LogP contribution in [0.3, 0.4) is 0 Å². The molecule has 1 aromatic carbocycles. The van der Waals surface area contributed by atoms with Crippen molar-refractivity contribution in [2.45, 2.75) is 12.8 Å². The molecule has 0 spiro atoms. The molecule has 0 unspecified atom stereocenters. The van der Waals surface area contributed by atoms with Gasteiger partial charge in [0.1, 0.15) is 6.42 Å². The highest BCUT2D eigenvalue weighted by Crippen LogP contribution is 2.40. The molecule has 0 saturated heterocycles. The maximum Gasteiger partial charge on any atom is 0.313 e. The van der Waals surface area contributed by atoms with Gasteiger partial charge in [-0.05, 0) is 23.1 Å². The van der Waals surface area contributed by atoms with E-state index in [1.807, 2.05) is 29.6 Å². The number of nitrogens with two attached hydrogens (primary N) is 1. The average Bonchev–Trinajstić information content (AvgIpc) is 3.19. The molecule has 5 nitrogen and oxygen atoms in total. The number of benzene rings is 1. The highest BCUT2D eigenvalue weighted by molar-refractivity contribution is 7.23. The molecule has 2 N–H and O–H groups in total. The third-order valence-electron chi connectivity index (χ3n) is 3.72. The Hall–Kier alpha value is -2.51. The highest BCUT2D eigenvalue weighted by atomic mass is 32.1. The van der Waals surface area contributed by atoms with Crippen LogP contribution in [0.25, 0.3) is 20.5 Å². The fourth-order valence-electron chi connectivity index (χ4n) is 2.57. The SMILES string of the molecule is COC(=O)CC(=O)c1cc(-c2sc3ccccc3c2CC(N)=O)cs1. The molecule has 0 radical (unpaired) electrons. The minimum absolute atomic E-state index is 0.140. The van der Waals surface area contributed by atoms with Gasteiger partial charge in [-0.2, -0.15) is 0 Å². The zero-order chi connectivity index (χ0) is 18.0. The largest absolute Gasteiger partial charge is 0.469 e. The van der Waals surface area contributed by atoms with Gasteiger partial charge >= 0.3 is 5.97 Å². The Kier molecular flexibility index (Phi) is 4.96. The lowest BCUT2D eigenvalue weighted by atomic mass is 10.0. The van der Waals surface area contributed by atoms with Crippen LogP contribution in [0.15, 0.2) is 35.7 Å². The molecule has 7 heteroatoms. The molecule has 1 amide bonds. The van der Waals surface area contributed by atoms with Crippen LogP contribution < -0.4 is 5.73 Å². The number of primary amides is 1. The number of amides is 1. The Bertz CT molecular complexity index is 971. The number of thiophene rings is 2. The summed E-state index contributed by atoms with van der Waals surface area (Å²) in [5.41, 5.74) is 7.14. The van der Waals surface area contributed by atoms with E-state index in [-0.39, 0.29) is 18.6 Å². The molecule has 0 bridgehead atoms. The zero-order valence-corrected chi connectivity index (χ0v) is 15.0. The number of rotatable bonds is 6. The summed E-state index contributed by atoms with van der Waals surface area (Å²) < 4.78 is 5.59. The van der Waals surface area contributed by atoms with Gasteiger partial charge in [0.05, 0.1) is 18.4 Å². The number of carbonyl (C=O) groups is 3. The summed E-state index contributed by atoms with van der Waals surface area (Å²) in [5.74, 6) is -1.24. The van der Waals surface area contributed by atoms with Crippen LogP contribution >= 0.6 is 22.7 Å². The smallest absolute Gasteiger partial charge is 0.313 e. The Morgan fingerprint density at radius 2 is 1.96 bits per heavy atom. The van der Waals surface area contributed by atoms with Gasteiger partial charge in [0.2, 0.25) is 5.91 Å². The van der Waals surface area contributed by atoms with Crippen molar-refractivity contribution in [3.63, 3.8) is 0 Å². The van der Waals surface area contributed by atoms with Gasteiger partial charge in [-0.15, -0.1) is 22.7 Å². The molecular weight excluding hydrogens is 358 g/mol. The van der Waals surface area contributed by atoms with E-state index in [0.717, 1.165) is 26.1 Å². The number of esters is 1. The van der Waals surface area contributed by atoms with Gasteiger partial charge in [-0.25, -0.2) is 0 Å². The molecule has 3 aromatic rings. The number of fused-ring (bicyclic) bond motifs is 1. The summed E-state index contributed by atoms with van der Waals surface area (Å²) in [6.07, 6.45) is -0.141. The van der Waals surface area contributed by atoms with Crippen molar-refractivity contribution >= 4 is 50.4 Å². The van der Waals surface area contributed by atoms with Crippen molar-refractivity contribution in [3.05, 3.63) is 46.2 Å². The minimum atomic E-state index is -0.559. The lowest BCUT2D eigenvalue weighted by Gasteiger charge is -2.00. The molecule has 0 aliphatic carbocycles. The van der Waals surface area contributed by atoms with Crippen molar-refractivity contribution in [1.29, 1.82) is 0 Å². The number of hydrogen-bond acceptors (Lipinski definition) is 6. The van der Waals surface area contributed by atoms with Crippen LogP contribution in [-0.4, -0.2) is 24.8 Å². The normalized spacial score (nSPS) is 10.8. The van der Waals surface area contributed by atoms with E-state index in [9.17, 15) is 14.4 Å². The number of hydrogen-bond donors (Lipinski definition) is 1. The van der Waals surface area contributed by atoms with E-state index in [1.165, 1.54) is 18.4 Å². The fourth-order valence-corrected chi connectivity index (χ4v) is 4.70. The molecule has 0 aliphatic heterocycles. The third-order valence-corrected chi connectivity index (χ3v) is 5.95. The maximum atomic E-state index is 12.1. The summed E-state index contributed by atoms with van der Waals surface area (Å²) in [4.78, 5) is 36.3. The predicted octanol–water partition coefficient (Wildman–Crippen LogP) is 3.40. The molecule has 0 saturated carbocycles. The van der Waals surface area contributed by atoms with Crippen molar-refractivity contribution in [3.8, 4) is 10.4 Å². The van der Waals surface area contributed by atoms with Crippen LogP contribution in [0.5, 0.6) is 0 Å².